The average Bonchev–Trinajstić information content (AvgIpc) is 2.88. The van der Waals surface area contributed by atoms with E-state index in [9.17, 15) is 14.4 Å². The van der Waals surface area contributed by atoms with Crippen molar-refractivity contribution in [1.29, 1.82) is 0 Å². The van der Waals surface area contributed by atoms with Crippen LogP contribution in [0.25, 0.3) is 0 Å². The summed E-state index contributed by atoms with van der Waals surface area (Å²) in [6, 6.07) is 16.8. The molecule has 7 nitrogen and oxygen atoms in total. The molecule has 0 aliphatic heterocycles. The molecule has 2 N–H and O–H groups in total. The standard InChI is InChI=1S/C27H35N3O4/c1-3-24(20-10-6-4-7-11-20)27(33)30(22-12-8-5-9-13-22)19-26(32)28-18-25(31)29-21-14-16-23(34-2)17-15-21/h4,6-7,10-11,14-17,22,24H,3,5,8-9,12-13,18-19H2,1-2H3,(H,28,32)(H,29,31). The summed E-state index contributed by atoms with van der Waals surface area (Å²) in [6.07, 6.45) is 5.75. The van der Waals surface area contributed by atoms with E-state index in [0.717, 1.165) is 37.7 Å². The summed E-state index contributed by atoms with van der Waals surface area (Å²) in [5, 5.41) is 5.42. The van der Waals surface area contributed by atoms with Gasteiger partial charge in [0.1, 0.15) is 5.75 Å². The second-order valence-electron chi connectivity index (χ2n) is 8.68. The highest BCUT2D eigenvalue weighted by Gasteiger charge is 2.32. The van der Waals surface area contributed by atoms with Crippen LogP contribution in [-0.2, 0) is 14.4 Å². The van der Waals surface area contributed by atoms with E-state index in [0.29, 0.717) is 17.9 Å². The van der Waals surface area contributed by atoms with Crippen molar-refractivity contribution < 1.29 is 19.1 Å². The maximum absolute atomic E-state index is 13.6. The maximum atomic E-state index is 13.6. The summed E-state index contributed by atoms with van der Waals surface area (Å²) < 4.78 is 5.11. The predicted octanol–water partition coefficient (Wildman–Crippen LogP) is 4.11. The number of nitrogens with zero attached hydrogens (tertiary/aromatic N) is 1. The molecule has 7 heteroatoms. The van der Waals surface area contributed by atoms with E-state index in [1.165, 1.54) is 0 Å². The van der Waals surface area contributed by atoms with Gasteiger partial charge in [-0.25, -0.2) is 0 Å². The number of hydrogen-bond acceptors (Lipinski definition) is 4. The summed E-state index contributed by atoms with van der Waals surface area (Å²) in [5.74, 6) is -0.260. The van der Waals surface area contributed by atoms with E-state index in [2.05, 4.69) is 10.6 Å². The normalized spacial score (nSPS) is 14.6. The number of anilines is 1. The third-order valence-corrected chi connectivity index (χ3v) is 6.34. The highest BCUT2D eigenvalue weighted by atomic mass is 16.5. The number of rotatable bonds is 10. The molecular formula is C27H35N3O4. The molecule has 0 bridgehead atoms. The number of nitrogens with one attached hydrogen (secondary N) is 2. The van der Waals surface area contributed by atoms with Crippen LogP contribution >= 0.6 is 0 Å². The molecule has 1 aliphatic rings. The number of benzene rings is 2. The molecule has 3 amide bonds. The van der Waals surface area contributed by atoms with Crippen LogP contribution in [0.4, 0.5) is 5.69 Å². The van der Waals surface area contributed by atoms with Crippen molar-refractivity contribution in [2.75, 3.05) is 25.5 Å². The second-order valence-corrected chi connectivity index (χ2v) is 8.68. The van der Waals surface area contributed by atoms with Crippen LogP contribution in [0.15, 0.2) is 54.6 Å². The molecule has 1 fully saturated rings. The zero-order chi connectivity index (χ0) is 24.3. The molecule has 2 aromatic carbocycles. The fraction of sp³-hybridized carbons (Fsp3) is 0.444. The van der Waals surface area contributed by atoms with Gasteiger partial charge in [-0.2, -0.15) is 0 Å². The van der Waals surface area contributed by atoms with E-state index in [1.807, 2.05) is 37.3 Å². The van der Waals surface area contributed by atoms with Crippen molar-refractivity contribution in [1.82, 2.24) is 10.2 Å². The summed E-state index contributed by atoms with van der Waals surface area (Å²) in [4.78, 5) is 40.4. The third kappa shape index (κ3) is 7.07. The van der Waals surface area contributed by atoms with Gasteiger partial charge in [-0.05, 0) is 49.1 Å². The Hall–Kier alpha value is -3.35. The summed E-state index contributed by atoms with van der Waals surface area (Å²) in [5.41, 5.74) is 1.59. The molecule has 182 valence electrons. The van der Waals surface area contributed by atoms with Crippen LogP contribution in [0.5, 0.6) is 5.75 Å². The van der Waals surface area contributed by atoms with E-state index < -0.39 is 0 Å². The molecule has 0 saturated heterocycles. The lowest BCUT2D eigenvalue weighted by Crippen LogP contribution is -2.49. The van der Waals surface area contributed by atoms with Gasteiger partial charge >= 0.3 is 0 Å². The first-order chi connectivity index (χ1) is 16.5. The first-order valence-corrected chi connectivity index (χ1v) is 12.1. The molecule has 0 radical (unpaired) electrons. The van der Waals surface area contributed by atoms with E-state index in [1.54, 1.807) is 36.3 Å². The first-order valence-electron chi connectivity index (χ1n) is 12.1. The molecule has 0 aromatic heterocycles. The molecule has 34 heavy (non-hydrogen) atoms. The van der Waals surface area contributed by atoms with Crippen LogP contribution in [0.1, 0.15) is 56.9 Å². The van der Waals surface area contributed by atoms with E-state index in [4.69, 9.17) is 4.74 Å². The highest BCUT2D eigenvalue weighted by molar-refractivity contribution is 5.95. The van der Waals surface area contributed by atoms with Crippen molar-refractivity contribution in [3.8, 4) is 5.75 Å². The molecule has 0 heterocycles. The Labute approximate surface area is 201 Å². The van der Waals surface area contributed by atoms with Gasteiger partial charge in [0.2, 0.25) is 17.7 Å². The van der Waals surface area contributed by atoms with Gasteiger partial charge in [0.05, 0.1) is 26.1 Å². The number of hydrogen-bond donors (Lipinski definition) is 2. The van der Waals surface area contributed by atoms with E-state index in [-0.39, 0.29) is 42.8 Å². The molecule has 1 aliphatic carbocycles. The molecule has 1 unspecified atom stereocenters. The Kier molecular flexibility index (Phi) is 9.50. The zero-order valence-corrected chi connectivity index (χ0v) is 20.1. The van der Waals surface area contributed by atoms with Gasteiger partial charge in [-0.15, -0.1) is 0 Å². The lowest BCUT2D eigenvalue weighted by molar-refractivity contribution is -0.140. The van der Waals surface area contributed by atoms with Gasteiger partial charge in [-0.3, -0.25) is 14.4 Å². The van der Waals surface area contributed by atoms with Crippen LogP contribution in [-0.4, -0.2) is 48.9 Å². The molecule has 3 rings (SSSR count). The van der Waals surface area contributed by atoms with Crippen LogP contribution in [0.3, 0.4) is 0 Å². The number of methoxy groups -OCH3 is 1. The van der Waals surface area contributed by atoms with Crippen molar-refractivity contribution in [2.45, 2.75) is 57.4 Å². The topological polar surface area (TPSA) is 87.7 Å². The van der Waals surface area contributed by atoms with Crippen LogP contribution < -0.4 is 15.4 Å². The second kappa shape index (κ2) is 12.8. The fourth-order valence-corrected chi connectivity index (χ4v) is 4.49. The Morgan fingerprint density at radius 3 is 2.26 bits per heavy atom. The molecule has 0 spiro atoms. The minimum absolute atomic E-state index is 0.0153. The summed E-state index contributed by atoms with van der Waals surface area (Å²) in [7, 11) is 1.58. The van der Waals surface area contributed by atoms with Crippen molar-refractivity contribution in [2.24, 2.45) is 0 Å². The van der Waals surface area contributed by atoms with Gasteiger partial charge < -0.3 is 20.3 Å². The average molecular weight is 466 g/mol. The SMILES string of the molecule is CCC(C(=O)N(CC(=O)NCC(=O)Nc1ccc(OC)cc1)C1CCCCC1)c1ccccc1. The third-order valence-electron chi connectivity index (χ3n) is 6.34. The van der Waals surface area contributed by atoms with Gasteiger partial charge in [-0.1, -0.05) is 56.5 Å². The monoisotopic (exact) mass is 465 g/mol. The Bertz CT molecular complexity index is 940. The van der Waals surface area contributed by atoms with Crippen LogP contribution in [0.2, 0.25) is 0 Å². The lowest BCUT2D eigenvalue weighted by Gasteiger charge is -2.36. The summed E-state index contributed by atoms with van der Waals surface area (Å²) in [6.45, 7) is 1.80. The molecular weight excluding hydrogens is 430 g/mol. The number of carbonyl (C=O) groups excluding carboxylic acids is 3. The highest BCUT2D eigenvalue weighted by Crippen LogP contribution is 2.28. The predicted molar refractivity (Wildman–Crippen MR) is 133 cm³/mol. The maximum Gasteiger partial charge on any atom is 0.243 e. The van der Waals surface area contributed by atoms with Crippen molar-refractivity contribution in [3.05, 3.63) is 60.2 Å². The lowest BCUT2D eigenvalue weighted by atomic mass is 9.90. The Balaban J connectivity index is 1.61. The zero-order valence-electron chi connectivity index (χ0n) is 20.1. The Morgan fingerprint density at radius 2 is 1.65 bits per heavy atom. The van der Waals surface area contributed by atoms with E-state index >= 15 is 0 Å². The van der Waals surface area contributed by atoms with Crippen LogP contribution in [0, 0.1) is 0 Å². The minimum Gasteiger partial charge on any atom is -0.497 e. The van der Waals surface area contributed by atoms with Gasteiger partial charge in [0.25, 0.3) is 0 Å². The minimum atomic E-state index is -0.329. The smallest absolute Gasteiger partial charge is 0.243 e. The van der Waals surface area contributed by atoms with Crippen molar-refractivity contribution >= 4 is 23.4 Å². The first kappa shape index (κ1) is 25.3. The van der Waals surface area contributed by atoms with Gasteiger partial charge in [0.15, 0.2) is 0 Å². The number of ether oxygens (including phenoxy) is 1. The Morgan fingerprint density at radius 1 is 0.971 bits per heavy atom. The quantitative estimate of drug-likeness (QED) is 0.553. The molecule has 1 atom stereocenters. The largest absolute Gasteiger partial charge is 0.497 e. The van der Waals surface area contributed by atoms with Crippen molar-refractivity contribution in [3.63, 3.8) is 0 Å². The number of amides is 3. The summed E-state index contributed by atoms with van der Waals surface area (Å²) >= 11 is 0. The molecule has 1 saturated carbocycles. The number of carbonyl (C=O) groups is 3. The van der Waals surface area contributed by atoms with Gasteiger partial charge in [0, 0.05) is 11.7 Å². The molecule has 2 aromatic rings. The fourth-order valence-electron chi connectivity index (χ4n) is 4.49.